The molecule has 12 nitrogen and oxygen atoms in total. The number of carbonyl (C=O) groups excluding carboxylic acids is 2. The van der Waals surface area contributed by atoms with Crippen molar-refractivity contribution in [2.75, 3.05) is 6.54 Å². The topological polar surface area (TPSA) is 166 Å². The molecule has 0 spiro atoms. The normalized spacial score (nSPS) is 12.5. The predicted molar refractivity (Wildman–Crippen MR) is 138 cm³/mol. The molecule has 2 heterocycles. The Balaban J connectivity index is 1.42. The molecule has 0 saturated carbocycles. The highest BCUT2D eigenvalue weighted by Gasteiger charge is 2.31. The molecule has 0 bridgehead atoms. The number of aryl methyl sites for hydroxylation is 1. The van der Waals surface area contributed by atoms with E-state index in [1.54, 1.807) is 18.3 Å². The highest BCUT2D eigenvalue weighted by molar-refractivity contribution is 5.91. The first-order valence-electron chi connectivity index (χ1n) is 12.3. The van der Waals surface area contributed by atoms with Crippen LogP contribution in [-0.2, 0) is 24.3 Å². The summed E-state index contributed by atoms with van der Waals surface area (Å²) >= 11 is 0. The Hall–Kier alpha value is -4.80. The summed E-state index contributed by atoms with van der Waals surface area (Å²) in [7, 11) is 0. The fourth-order valence-electron chi connectivity index (χ4n) is 3.49. The molecule has 2 amide bonds. The van der Waals surface area contributed by atoms with Crippen molar-refractivity contribution >= 4 is 11.8 Å². The molecule has 0 fully saturated rings. The number of hydrogen-bond acceptors (Lipinski definition) is 9. The first kappa shape index (κ1) is 31.7. The number of rotatable bonds is 13. The predicted octanol–water partition coefficient (Wildman–Crippen LogP) is 1.97. The van der Waals surface area contributed by atoms with Crippen LogP contribution >= 0.6 is 0 Å². The molecule has 1 atom stereocenters. The second kappa shape index (κ2) is 14.2. The fraction of sp³-hybridized carbons (Fsp3) is 0.320. The maximum atomic E-state index is 14.5. The van der Waals surface area contributed by atoms with E-state index in [2.05, 4.69) is 30.7 Å². The largest absolute Gasteiger partial charge is 0.573 e. The van der Waals surface area contributed by atoms with Crippen LogP contribution in [0.25, 0.3) is 0 Å². The number of carbonyl (C=O) groups is 2. The molecule has 17 heteroatoms. The number of pyridine rings is 1. The van der Waals surface area contributed by atoms with Crippen LogP contribution < -0.4 is 26.9 Å². The van der Waals surface area contributed by atoms with E-state index in [4.69, 9.17) is 11.6 Å². The van der Waals surface area contributed by atoms with E-state index in [9.17, 15) is 31.5 Å². The molecule has 0 aliphatic heterocycles. The summed E-state index contributed by atoms with van der Waals surface area (Å²) in [4.78, 5) is 28.5. The molecule has 0 aliphatic carbocycles. The van der Waals surface area contributed by atoms with Gasteiger partial charge in [-0.15, -0.1) is 18.3 Å². The van der Waals surface area contributed by atoms with Crippen molar-refractivity contribution in [3.8, 4) is 5.75 Å². The number of nitrogens with two attached hydrogens (primary N) is 2. The van der Waals surface area contributed by atoms with Gasteiger partial charge in [0.1, 0.15) is 23.6 Å². The summed E-state index contributed by atoms with van der Waals surface area (Å²) in [6, 6.07) is 5.91. The molecule has 1 unspecified atom stereocenters. The summed E-state index contributed by atoms with van der Waals surface area (Å²) in [6.45, 7) is 1.10. The molecule has 0 radical (unpaired) electrons. The summed E-state index contributed by atoms with van der Waals surface area (Å²) < 4.78 is 70.4. The first-order chi connectivity index (χ1) is 19.8. The lowest BCUT2D eigenvalue weighted by Gasteiger charge is -2.16. The molecule has 6 N–H and O–H groups in total. The number of benzene rings is 1. The minimum absolute atomic E-state index is 0.0182. The summed E-state index contributed by atoms with van der Waals surface area (Å²) in [6.07, 6.45) is -2.47. The lowest BCUT2D eigenvalue weighted by atomic mass is 10.2. The molecule has 3 rings (SSSR count). The number of alkyl halides is 4. The van der Waals surface area contributed by atoms with Crippen LogP contribution in [0.3, 0.4) is 0 Å². The van der Waals surface area contributed by atoms with E-state index in [1.165, 1.54) is 6.20 Å². The standard InChI is InChI=1S/C25H28F5N9O3/c1-15-2-3-16(10-33-15)8-23(40)35-22(31)14-38(32)7-6-18(26)12-39-13-21(36-37-39)24(41)34-11-17-9-19(4-5-20(17)27)42-25(28,29)30/h2-5,9-10,13-14,18H,6-8,11-12,31-32H2,1H3,(H,34,41)(H,35,40)/b22-14+. The van der Waals surface area contributed by atoms with Crippen molar-refractivity contribution < 1.29 is 36.3 Å². The summed E-state index contributed by atoms with van der Waals surface area (Å²) in [5.41, 5.74) is 6.81. The zero-order valence-electron chi connectivity index (χ0n) is 22.2. The van der Waals surface area contributed by atoms with Gasteiger partial charge in [0.25, 0.3) is 5.91 Å². The zero-order chi connectivity index (χ0) is 30.9. The summed E-state index contributed by atoms with van der Waals surface area (Å²) in [5, 5.41) is 13.2. The third-order valence-corrected chi connectivity index (χ3v) is 5.47. The minimum atomic E-state index is -4.96. The molecular weight excluding hydrogens is 569 g/mol. The molecule has 2 aromatic heterocycles. The minimum Gasteiger partial charge on any atom is -0.406 e. The molecular formula is C25H28F5N9O3. The van der Waals surface area contributed by atoms with E-state index in [1.807, 2.05) is 6.92 Å². The van der Waals surface area contributed by atoms with Gasteiger partial charge in [0, 0.05) is 30.5 Å². The van der Waals surface area contributed by atoms with Crippen LogP contribution in [0.15, 0.2) is 54.7 Å². The zero-order valence-corrected chi connectivity index (χ0v) is 22.2. The smallest absolute Gasteiger partial charge is 0.406 e. The Kier molecular flexibility index (Phi) is 10.7. The van der Waals surface area contributed by atoms with Gasteiger partial charge in [0.15, 0.2) is 5.69 Å². The van der Waals surface area contributed by atoms with E-state index in [-0.39, 0.29) is 48.9 Å². The number of nitrogens with one attached hydrogen (secondary N) is 2. The van der Waals surface area contributed by atoms with Crippen LogP contribution in [0.2, 0.25) is 0 Å². The van der Waals surface area contributed by atoms with Gasteiger partial charge in [-0.05, 0) is 43.2 Å². The van der Waals surface area contributed by atoms with Crippen molar-refractivity contribution in [1.29, 1.82) is 0 Å². The van der Waals surface area contributed by atoms with Gasteiger partial charge in [0.2, 0.25) is 5.91 Å². The molecule has 42 heavy (non-hydrogen) atoms. The number of amides is 2. The number of halogens is 5. The highest BCUT2D eigenvalue weighted by atomic mass is 19.4. The lowest BCUT2D eigenvalue weighted by molar-refractivity contribution is -0.274. The van der Waals surface area contributed by atoms with Gasteiger partial charge in [-0.3, -0.25) is 14.6 Å². The number of hydrogen-bond donors (Lipinski definition) is 4. The number of ether oxygens (including phenoxy) is 1. The summed E-state index contributed by atoms with van der Waals surface area (Å²) in [5.74, 6) is 3.06. The maximum Gasteiger partial charge on any atom is 0.573 e. The Morgan fingerprint density at radius 3 is 2.69 bits per heavy atom. The second-order valence-corrected chi connectivity index (χ2v) is 9.05. The van der Waals surface area contributed by atoms with Crippen LogP contribution in [0.1, 0.15) is 33.7 Å². The maximum absolute atomic E-state index is 14.5. The number of nitrogens with zero attached hydrogens (tertiary/aromatic N) is 5. The van der Waals surface area contributed by atoms with Crippen LogP contribution in [0.4, 0.5) is 22.0 Å². The molecule has 0 aliphatic rings. The van der Waals surface area contributed by atoms with Gasteiger partial charge in [-0.1, -0.05) is 11.3 Å². The molecule has 3 aromatic rings. The van der Waals surface area contributed by atoms with Crippen LogP contribution in [0, 0.1) is 12.7 Å². The van der Waals surface area contributed by atoms with Gasteiger partial charge in [-0.2, -0.15) is 0 Å². The van der Waals surface area contributed by atoms with Gasteiger partial charge in [0.05, 0.1) is 25.4 Å². The van der Waals surface area contributed by atoms with Crippen molar-refractivity contribution in [2.24, 2.45) is 11.6 Å². The lowest BCUT2D eigenvalue weighted by Crippen LogP contribution is -2.34. The van der Waals surface area contributed by atoms with E-state index in [0.29, 0.717) is 5.56 Å². The average Bonchev–Trinajstić information content (AvgIpc) is 3.36. The Labute approximate surface area is 236 Å². The van der Waals surface area contributed by atoms with Crippen LogP contribution in [-0.4, -0.2) is 55.9 Å². The monoisotopic (exact) mass is 597 g/mol. The Bertz CT molecular complexity index is 1400. The number of aromatic nitrogens is 4. The van der Waals surface area contributed by atoms with Gasteiger partial charge < -0.3 is 26.1 Å². The molecule has 0 saturated heterocycles. The van der Waals surface area contributed by atoms with Crippen molar-refractivity contribution in [3.05, 3.63) is 83.1 Å². The first-order valence-corrected chi connectivity index (χ1v) is 12.3. The molecule has 1 aromatic carbocycles. The quantitative estimate of drug-likeness (QED) is 0.131. The Morgan fingerprint density at radius 1 is 1.24 bits per heavy atom. The third kappa shape index (κ3) is 10.6. The average molecular weight is 598 g/mol. The molecule has 226 valence electrons. The van der Waals surface area contributed by atoms with E-state index < -0.39 is 36.6 Å². The van der Waals surface area contributed by atoms with Crippen molar-refractivity contribution in [3.63, 3.8) is 0 Å². The second-order valence-electron chi connectivity index (χ2n) is 9.05. The highest BCUT2D eigenvalue weighted by Crippen LogP contribution is 2.24. The van der Waals surface area contributed by atoms with Crippen molar-refractivity contribution in [2.45, 2.75) is 45.4 Å². The fourth-order valence-corrected chi connectivity index (χ4v) is 3.49. The number of hydrazine groups is 1. The van der Waals surface area contributed by atoms with Crippen LogP contribution in [0.5, 0.6) is 5.75 Å². The van der Waals surface area contributed by atoms with E-state index in [0.717, 1.165) is 39.8 Å². The van der Waals surface area contributed by atoms with Gasteiger partial charge >= 0.3 is 6.36 Å². The van der Waals surface area contributed by atoms with Gasteiger partial charge in [-0.25, -0.2) is 19.3 Å². The van der Waals surface area contributed by atoms with E-state index >= 15 is 0 Å². The SMILES string of the molecule is Cc1ccc(CC(=O)N/C(N)=C/N(N)CCC(F)Cn2cc(C(=O)NCc3cc(OC(F)(F)F)ccc3F)nn2)cn1. The third-order valence-electron chi connectivity index (χ3n) is 5.47. The van der Waals surface area contributed by atoms with Crippen molar-refractivity contribution in [1.82, 2.24) is 35.6 Å². The Morgan fingerprint density at radius 2 is 2.00 bits per heavy atom.